The second-order valence-corrected chi connectivity index (χ2v) is 6.95. The second-order valence-electron chi connectivity index (χ2n) is 5.18. The molecule has 0 radical (unpaired) electrons. The maximum atomic E-state index is 12.0. The highest BCUT2D eigenvalue weighted by atomic mass is 32.2. The van der Waals surface area contributed by atoms with Crippen LogP contribution in [-0.4, -0.2) is 8.42 Å². The summed E-state index contributed by atoms with van der Waals surface area (Å²) >= 11 is 0. The molecule has 1 aliphatic carbocycles. The van der Waals surface area contributed by atoms with E-state index in [4.69, 9.17) is 0 Å². The highest BCUT2D eigenvalue weighted by Gasteiger charge is 2.38. The van der Waals surface area contributed by atoms with Crippen molar-refractivity contribution in [3.8, 4) is 0 Å². The molecule has 0 aromatic heterocycles. The van der Waals surface area contributed by atoms with Gasteiger partial charge in [0.2, 0.25) is 0 Å². The van der Waals surface area contributed by atoms with Crippen LogP contribution in [0.2, 0.25) is 0 Å². The third-order valence-corrected chi connectivity index (χ3v) is 5.36. The Morgan fingerprint density at radius 1 is 1.40 bits per heavy atom. The van der Waals surface area contributed by atoms with Crippen LogP contribution in [0.1, 0.15) is 40.0 Å². The number of rotatable bonds is 3. The number of hydrogen-bond donors (Lipinski definition) is 0. The van der Waals surface area contributed by atoms with Gasteiger partial charge in [-0.2, -0.15) is 0 Å². The van der Waals surface area contributed by atoms with Gasteiger partial charge in [-0.15, -0.1) is 0 Å². The lowest BCUT2D eigenvalue weighted by atomic mass is 9.88. The van der Waals surface area contributed by atoms with Crippen molar-refractivity contribution in [2.45, 2.75) is 40.0 Å². The van der Waals surface area contributed by atoms with Crippen LogP contribution in [0.4, 0.5) is 0 Å². The van der Waals surface area contributed by atoms with Gasteiger partial charge in [0, 0.05) is 10.8 Å². The van der Waals surface area contributed by atoms with Crippen LogP contribution in [0.5, 0.6) is 0 Å². The molecule has 0 amide bonds. The van der Waals surface area contributed by atoms with Crippen LogP contribution in [0.3, 0.4) is 0 Å². The molecule has 0 saturated heterocycles. The van der Waals surface area contributed by atoms with Crippen LogP contribution in [0.15, 0.2) is 22.0 Å². The monoisotopic (exact) mass is 226 g/mol. The zero-order valence-corrected chi connectivity index (χ0v) is 10.4. The van der Waals surface area contributed by atoms with Crippen LogP contribution >= 0.6 is 0 Å². The Morgan fingerprint density at radius 2 is 2.00 bits per heavy atom. The van der Waals surface area contributed by atoms with E-state index in [0.29, 0.717) is 10.8 Å². The fourth-order valence-corrected chi connectivity index (χ4v) is 3.86. The molecule has 1 saturated carbocycles. The Morgan fingerprint density at radius 3 is 2.47 bits per heavy atom. The van der Waals surface area contributed by atoms with Gasteiger partial charge in [0.1, 0.15) is 0 Å². The van der Waals surface area contributed by atoms with Gasteiger partial charge in [0.15, 0.2) is 9.84 Å². The van der Waals surface area contributed by atoms with E-state index in [0.717, 1.165) is 24.8 Å². The van der Waals surface area contributed by atoms with Crippen LogP contribution in [0, 0.1) is 11.3 Å². The van der Waals surface area contributed by atoms with Gasteiger partial charge in [-0.05, 0) is 36.8 Å². The van der Waals surface area contributed by atoms with E-state index in [1.54, 1.807) is 0 Å². The zero-order chi connectivity index (χ0) is 11.3. The molecule has 3 heteroatoms. The molecule has 0 bridgehead atoms. The van der Waals surface area contributed by atoms with Gasteiger partial charge in [0.25, 0.3) is 0 Å². The molecule has 0 atom stereocenters. The van der Waals surface area contributed by atoms with Crippen molar-refractivity contribution in [1.29, 1.82) is 0 Å². The van der Waals surface area contributed by atoms with Gasteiger partial charge in [0.05, 0.1) is 4.91 Å². The Bertz CT molecular complexity index is 434. The average Bonchev–Trinajstić information content (AvgIpc) is 2.91. The molecule has 15 heavy (non-hydrogen) atoms. The molecule has 1 fully saturated rings. The summed E-state index contributed by atoms with van der Waals surface area (Å²) in [6.07, 6.45) is 5.07. The number of sulfone groups is 1. The molecule has 2 aliphatic rings. The zero-order valence-electron chi connectivity index (χ0n) is 9.58. The van der Waals surface area contributed by atoms with Gasteiger partial charge in [-0.25, -0.2) is 8.42 Å². The van der Waals surface area contributed by atoms with E-state index in [2.05, 4.69) is 0 Å². The van der Waals surface area contributed by atoms with Crippen LogP contribution in [0.25, 0.3) is 0 Å². The first-order valence-electron chi connectivity index (χ1n) is 5.56. The van der Waals surface area contributed by atoms with Gasteiger partial charge in [-0.1, -0.05) is 20.8 Å². The molecule has 0 N–H and O–H groups in total. The minimum Gasteiger partial charge on any atom is -0.219 e. The highest BCUT2D eigenvalue weighted by Crippen LogP contribution is 2.46. The lowest BCUT2D eigenvalue weighted by molar-refractivity contribution is 0.445. The van der Waals surface area contributed by atoms with Crippen molar-refractivity contribution in [3.05, 3.63) is 22.0 Å². The van der Waals surface area contributed by atoms with E-state index in [-0.39, 0.29) is 5.41 Å². The summed E-state index contributed by atoms with van der Waals surface area (Å²) in [5.74, 6) is 0.518. The number of allylic oxidation sites excluding steroid dienone is 3. The minimum atomic E-state index is -3.11. The first-order valence-corrected chi connectivity index (χ1v) is 7.10. The van der Waals surface area contributed by atoms with Gasteiger partial charge in [-0.3, -0.25) is 0 Å². The smallest absolute Gasteiger partial charge is 0.196 e. The largest absolute Gasteiger partial charge is 0.219 e. The lowest BCUT2D eigenvalue weighted by Crippen LogP contribution is -2.17. The van der Waals surface area contributed by atoms with Crippen molar-refractivity contribution >= 4 is 9.84 Å². The molecular formula is C12H18O2S. The highest BCUT2D eigenvalue weighted by molar-refractivity contribution is 7.98. The molecule has 0 aromatic carbocycles. The van der Waals surface area contributed by atoms with Crippen molar-refractivity contribution in [2.75, 3.05) is 0 Å². The minimum absolute atomic E-state index is 0.230. The molecular weight excluding hydrogens is 208 g/mol. The molecule has 0 unspecified atom stereocenters. The first-order chi connectivity index (χ1) is 6.87. The maximum absolute atomic E-state index is 12.0. The van der Waals surface area contributed by atoms with Gasteiger partial charge >= 0.3 is 0 Å². The maximum Gasteiger partial charge on any atom is 0.196 e. The lowest BCUT2D eigenvalue weighted by Gasteiger charge is -2.23. The van der Waals surface area contributed by atoms with Crippen LogP contribution in [-0.2, 0) is 9.84 Å². The molecule has 0 spiro atoms. The summed E-state index contributed by atoms with van der Waals surface area (Å²) in [5.41, 5.74) is 0.804. The third-order valence-electron chi connectivity index (χ3n) is 3.50. The number of hydrogen-bond acceptors (Lipinski definition) is 2. The first kappa shape index (κ1) is 10.9. The Hall–Kier alpha value is -0.570. The second kappa shape index (κ2) is 3.21. The predicted molar refractivity (Wildman–Crippen MR) is 61.9 cm³/mol. The van der Waals surface area contributed by atoms with Crippen molar-refractivity contribution in [1.82, 2.24) is 0 Å². The summed E-state index contributed by atoms with van der Waals surface area (Å²) in [4.78, 5) is 0.611. The van der Waals surface area contributed by atoms with Crippen molar-refractivity contribution in [3.63, 3.8) is 0 Å². The van der Waals surface area contributed by atoms with E-state index in [1.807, 2.05) is 26.8 Å². The molecule has 2 rings (SSSR count). The Kier molecular flexibility index (Phi) is 2.34. The fourth-order valence-electron chi connectivity index (χ4n) is 1.90. The van der Waals surface area contributed by atoms with Crippen molar-refractivity contribution < 1.29 is 8.42 Å². The molecule has 1 heterocycles. The Balaban J connectivity index is 2.39. The quantitative estimate of drug-likeness (QED) is 0.741. The van der Waals surface area contributed by atoms with Gasteiger partial charge < -0.3 is 0 Å². The van der Waals surface area contributed by atoms with Crippen molar-refractivity contribution in [2.24, 2.45) is 11.3 Å². The van der Waals surface area contributed by atoms with E-state index in [9.17, 15) is 8.42 Å². The van der Waals surface area contributed by atoms with E-state index < -0.39 is 9.84 Å². The summed E-state index contributed by atoms with van der Waals surface area (Å²) in [6, 6.07) is 0. The summed E-state index contributed by atoms with van der Waals surface area (Å²) in [5, 5.41) is 1.48. The standard InChI is InChI=1S/C12H18O2S/c1-4-12(2,3)11-7-10(9-5-6-9)8-15(11,13)14/h7-9H,4-6H2,1-3H3. The SMILES string of the molecule is CCC(C)(C)C1=CC(C2CC2)=CS1(=O)=O. The normalized spacial score (nSPS) is 25.0. The predicted octanol–water partition coefficient (Wildman–Crippen LogP) is 3.03. The average molecular weight is 226 g/mol. The van der Waals surface area contributed by atoms with Crippen LogP contribution < -0.4 is 0 Å². The topological polar surface area (TPSA) is 34.1 Å². The molecule has 0 aromatic rings. The summed E-state index contributed by atoms with van der Waals surface area (Å²) < 4.78 is 23.9. The Labute approximate surface area is 92.0 Å². The van der Waals surface area contributed by atoms with E-state index in [1.165, 1.54) is 5.41 Å². The molecule has 84 valence electrons. The molecule has 2 nitrogen and oxygen atoms in total. The summed E-state index contributed by atoms with van der Waals surface area (Å²) in [7, 11) is -3.11. The third kappa shape index (κ3) is 1.89. The fraction of sp³-hybridized carbons (Fsp3) is 0.667. The van der Waals surface area contributed by atoms with E-state index >= 15 is 0 Å². The molecule has 1 aliphatic heterocycles. The summed E-state index contributed by atoms with van der Waals surface area (Å²) in [6.45, 7) is 6.03.